The molecule has 2 aliphatic heterocycles. The van der Waals surface area contributed by atoms with Gasteiger partial charge in [-0.25, -0.2) is 9.97 Å². The molecule has 0 unspecified atom stereocenters. The van der Waals surface area contributed by atoms with Crippen molar-refractivity contribution < 1.29 is 14.3 Å². The van der Waals surface area contributed by atoms with Crippen molar-refractivity contribution in [2.45, 2.75) is 39.8 Å². The second-order valence-electron chi connectivity index (χ2n) is 11.6. The number of benzene rings is 2. The number of hydrogen-bond acceptors (Lipinski definition) is 10. The summed E-state index contributed by atoms with van der Waals surface area (Å²) in [5, 5.41) is 10.4. The molecule has 2 aliphatic rings. The predicted octanol–water partition coefficient (Wildman–Crippen LogP) is 6.47. The van der Waals surface area contributed by atoms with E-state index in [2.05, 4.69) is 33.3 Å². The molecule has 0 amide bonds. The first-order chi connectivity index (χ1) is 22.4. The Labute approximate surface area is 274 Å². The summed E-state index contributed by atoms with van der Waals surface area (Å²) in [7, 11) is 3.55. The van der Waals surface area contributed by atoms with Crippen LogP contribution < -0.4 is 10.1 Å². The fraction of sp³-hybridized carbons (Fsp3) is 0.343. The molecule has 1 N–H and O–H groups in total. The number of halogens is 1. The maximum atomic E-state index is 12.1. The Morgan fingerprint density at radius 1 is 1.07 bits per heavy atom. The lowest BCUT2D eigenvalue weighted by Crippen LogP contribution is -2.36. The minimum atomic E-state index is -0.101. The minimum Gasteiger partial charge on any atom is -0.480 e. The van der Waals surface area contributed by atoms with Gasteiger partial charge in [-0.15, -0.1) is 0 Å². The summed E-state index contributed by atoms with van der Waals surface area (Å²) in [6.07, 6.45) is 6.94. The minimum absolute atomic E-state index is 0.0432. The van der Waals surface area contributed by atoms with Crippen LogP contribution in [0.25, 0.3) is 22.4 Å². The Morgan fingerprint density at radius 2 is 1.83 bits per heavy atom. The van der Waals surface area contributed by atoms with E-state index in [4.69, 9.17) is 31.0 Å². The van der Waals surface area contributed by atoms with Crippen LogP contribution in [0.4, 0.5) is 11.5 Å². The van der Waals surface area contributed by atoms with E-state index >= 15 is 0 Å². The van der Waals surface area contributed by atoms with E-state index in [1.165, 1.54) is 0 Å². The van der Waals surface area contributed by atoms with Crippen molar-refractivity contribution in [2.24, 2.45) is 11.0 Å². The molecule has 6 rings (SSSR count). The quantitative estimate of drug-likeness (QED) is 0.206. The summed E-state index contributed by atoms with van der Waals surface area (Å²) >= 11 is 7.12. The van der Waals surface area contributed by atoms with Gasteiger partial charge in [0, 0.05) is 47.7 Å². The van der Waals surface area contributed by atoms with Crippen LogP contribution in [-0.4, -0.2) is 70.9 Å². The number of carbonyl (C=O) groups excluding carboxylic acids is 1. The first-order valence-corrected chi connectivity index (χ1v) is 15.9. The number of esters is 1. The first kappa shape index (κ1) is 31.4. The van der Waals surface area contributed by atoms with Crippen molar-refractivity contribution in [1.29, 1.82) is 0 Å². The molecule has 0 radical (unpaired) electrons. The zero-order valence-electron chi connectivity index (χ0n) is 26.6. The molecule has 238 valence electrons. The molecule has 0 spiro atoms. The Morgan fingerprint density at radius 3 is 2.61 bits per heavy atom. The van der Waals surface area contributed by atoms with E-state index in [0.717, 1.165) is 76.5 Å². The van der Waals surface area contributed by atoms with Crippen molar-refractivity contribution in [3.05, 3.63) is 82.3 Å². The number of methoxy groups -OCH3 is 1. The van der Waals surface area contributed by atoms with Crippen LogP contribution in [0.2, 0.25) is 5.02 Å². The lowest BCUT2D eigenvalue weighted by Gasteiger charge is -2.30. The van der Waals surface area contributed by atoms with Gasteiger partial charge in [0.25, 0.3) is 0 Å². The number of nitrogens with zero attached hydrogens (tertiary/aromatic N) is 6. The van der Waals surface area contributed by atoms with Crippen LogP contribution in [0.3, 0.4) is 0 Å². The monoisotopic (exact) mass is 639 g/mol. The summed E-state index contributed by atoms with van der Waals surface area (Å²) in [5.41, 5.74) is 8.19. The van der Waals surface area contributed by atoms with Gasteiger partial charge in [0.2, 0.25) is 5.88 Å². The van der Waals surface area contributed by atoms with Gasteiger partial charge < -0.3 is 14.8 Å². The Bertz CT molecular complexity index is 1770. The molecule has 0 bridgehead atoms. The average Bonchev–Trinajstić information content (AvgIpc) is 3.07. The third-order valence-electron chi connectivity index (χ3n) is 8.61. The predicted molar refractivity (Wildman–Crippen MR) is 180 cm³/mol. The number of hydrogen-bond donors (Lipinski definition) is 1. The van der Waals surface area contributed by atoms with Gasteiger partial charge in [-0.05, 0) is 63.0 Å². The molecule has 4 heterocycles. The number of ether oxygens (including phenoxy) is 2. The molecular formula is C35H38ClN7O3. The fourth-order valence-corrected chi connectivity index (χ4v) is 6.38. The highest BCUT2D eigenvalue weighted by atomic mass is 35.5. The fourth-order valence-electron chi connectivity index (χ4n) is 6.06. The SMILES string of the molecule is CCOC(=O)C1CCN(Cc2ncc(-c3cccc(-c4cccc(Nc5nccc6c5CN(C)N=C6)c4C)c3Cl)nc2OC)CC1. The zero-order valence-corrected chi connectivity index (χ0v) is 27.3. The largest absolute Gasteiger partial charge is 0.480 e. The van der Waals surface area contributed by atoms with Crippen LogP contribution in [0.1, 0.15) is 42.1 Å². The summed E-state index contributed by atoms with van der Waals surface area (Å²) in [4.78, 5) is 28.6. The average molecular weight is 640 g/mol. The van der Waals surface area contributed by atoms with E-state index in [1.807, 2.05) is 61.6 Å². The summed E-state index contributed by atoms with van der Waals surface area (Å²) in [5.74, 6) is 1.12. The number of nitrogens with one attached hydrogen (secondary N) is 1. The van der Waals surface area contributed by atoms with Crippen LogP contribution in [0.15, 0.2) is 60.0 Å². The number of rotatable bonds is 9. The molecule has 1 fully saturated rings. The third kappa shape index (κ3) is 6.54. The van der Waals surface area contributed by atoms with Crippen LogP contribution in [0.5, 0.6) is 5.88 Å². The second kappa shape index (κ2) is 13.8. The molecule has 2 aromatic heterocycles. The van der Waals surface area contributed by atoms with Gasteiger partial charge in [-0.3, -0.25) is 19.7 Å². The smallest absolute Gasteiger partial charge is 0.309 e. The summed E-state index contributed by atoms with van der Waals surface area (Å²) in [6, 6.07) is 14.1. The topological polar surface area (TPSA) is 105 Å². The van der Waals surface area contributed by atoms with Crippen LogP contribution in [-0.2, 0) is 22.6 Å². The number of anilines is 2. The summed E-state index contributed by atoms with van der Waals surface area (Å²) < 4.78 is 10.9. The van der Waals surface area contributed by atoms with Crippen LogP contribution >= 0.6 is 11.6 Å². The lowest BCUT2D eigenvalue weighted by molar-refractivity contribution is -0.149. The zero-order chi connectivity index (χ0) is 32.2. The molecule has 0 saturated carbocycles. The maximum absolute atomic E-state index is 12.1. The number of pyridine rings is 1. The number of aromatic nitrogens is 3. The number of piperidine rings is 1. The number of fused-ring (bicyclic) bond motifs is 1. The van der Waals surface area contributed by atoms with Gasteiger partial charge in [-0.2, -0.15) is 5.10 Å². The first-order valence-electron chi connectivity index (χ1n) is 15.5. The van der Waals surface area contributed by atoms with Crippen molar-refractivity contribution in [2.75, 3.05) is 39.2 Å². The number of likely N-dealkylation sites (tertiary alicyclic amines) is 1. The van der Waals surface area contributed by atoms with Crippen molar-refractivity contribution in [1.82, 2.24) is 24.9 Å². The highest BCUT2D eigenvalue weighted by Gasteiger charge is 2.27. The molecule has 4 aromatic rings. The molecule has 2 aromatic carbocycles. The van der Waals surface area contributed by atoms with E-state index in [-0.39, 0.29) is 11.9 Å². The van der Waals surface area contributed by atoms with Gasteiger partial charge in [-0.1, -0.05) is 41.9 Å². The number of hydrazone groups is 1. The van der Waals surface area contributed by atoms with E-state index in [1.54, 1.807) is 19.5 Å². The highest BCUT2D eigenvalue weighted by molar-refractivity contribution is 6.36. The van der Waals surface area contributed by atoms with Gasteiger partial charge in [0.1, 0.15) is 11.5 Å². The van der Waals surface area contributed by atoms with Gasteiger partial charge >= 0.3 is 5.97 Å². The Balaban J connectivity index is 1.23. The maximum Gasteiger partial charge on any atom is 0.309 e. The molecule has 1 saturated heterocycles. The molecule has 10 nitrogen and oxygen atoms in total. The van der Waals surface area contributed by atoms with E-state index < -0.39 is 0 Å². The van der Waals surface area contributed by atoms with Crippen molar-refractivity contribution >= 4 is 35.3 Å². The summed E-state index contributed by atoms with van der Waals surface area (Å²) in [6.45, 7) is 7.16. The molecule has 46 heavy (non-hydrogen) atoms. The number of carbonyl (C=O) groups is 1. The lowest BCUT2D eigenvalue weighted by atomic mass is 9.96. The van der Waals surface area contributed by atoms with E-state index in [9.17, 15) is 4.79 Å². The van der Waals surface area contributed by atoms with Crippen molar-refractivity contribution in [3.8, 4) is 28.3 Å². The molecular weight excluding hydrogens is 602 g/mol. The highest BCUT2D eigenvalue weighted by Crippen LogP contribution is 2.40. The Hall–Kier alpha value is -4.54. The standard InChI is InChI=1S/C35H38ClN7O3/c1-5-46-35(44)23-13-16-43(17-14-23)21-31-34(45-4)41-30(19-38-31)27-10-6-9-26(32(27)36)25-8-7-11-29(22(25)2)40-33-28-20-42(3)39-18-24(28)12-15-37-33/h6-12,15,18-19,23H,5,13-14,16-17,20-21H2,1-4H3,(H,37,40). The Kier molecular flexibility index (Phi) is 9.46. The third-order valence-corrected chi connectivity index (χ3v) is 9.02. The second-order valence-corrected chi connectivity index (χ2v) is 11.9. The van der Waals surface area contributed by atoms with Gasteiger partial charge in [0.15, 0.2) is 0 Å². The molecule has 0 aliphatic carbocycles. The molecule has 0 atom stereocenters. The van der Waals surface area contributed by atoms with Gasteiger partial charge in [0.05, 0.1) is 49.3 Å². The van der Waals surface area contributed by atoms with E-state index in [0.29, 0.717) is 36.3 Å². The van der Waals surface area contributed by atoms with Crippen molar-refractivity contribution in [3.63, 3.8) is 0 Å². The normalized spacial score (nSPS) is 15.0. The van der Waals surface area contributed by atoms with Crippen LogP contribution in [0, 0.1) is 12.8 Å². The molecule has 11 heteroatoms.